The van der Waals surface area contributed by atoms with Crippen LogP contribution in [0.25, 0.3) is 0 Å². The largest absolute Gasteiger partial charge is 0.493 e. The maximum Gasteiger partial charge on any atom is 0.119 e. The molecule has 2 aliphatic rings. The Labute approximate surface area is 146 Å². The molecule has 1 saturated carbocycles. The van der Waals surface area contributed by atoms with Crippen molar-refractivity contribution < 1.29 is 9.47 Å². The molecule has 3 unspecified atom stereocenters. The Morgan fingerprint density at radius 2 is 2.25 bits per heavy atom. The van der Waals surface area contributed by atoms with Gasteiger partial charge in [0.15, 0.2) is 0 Å². The quantitative estimate of drug-likeness (QED) is 0.806. The number of ether oxygens (including phenoxy) is 2. The molecular weight excluding hydrogens is 300 g/mol. The van der Waals surface area contributed by atoms with Gasteiger partial charge in [-0.1, -0.05) is 32.4 Å². The summed E-state index contributed by atoms with van der Waals surface area (Å²) in [5, 5.41) is 7.43. The van der Waals surface area contributed by atoms with E-state index in [2.05, 4.69) is 42.7 Å². The zero-order valence-electron chi connectivity index (χ0n) is 15.1. The van der Waals surface area contributed by atoms with E-state index in [4.69, 9.17) is 9.47 Å². The van der Waals surface area contributed by atoms with Crippen LogP contribution in [0.3, 0.4) is 0 Å². The summed E-state index contributed by atoms with van der Waals surface area (Å²) >= 11 is 0. The summed E-state index contributed by atoms with van der Waals surface area (Å²) in [7, 11) is 0. The van der Waals surface area contributed by atoms with E-state index in [9.17, 15) is 0 Å². The van der Waals surface area contributed by atoms with Crippen LogP contribution in [-0.2, 0) is 11.3 Å². The van der Waals surface area contributed by atoms with E-state index >= 15 is 0 Å². The highest BCUT2D eigenvalue weighted by molar-refractivity contribution is 5.28. The first kappa shape index (κ1) is 17.7. The Balaban J connectivity index is 1.51. The molecule has 4 heteroatoms. The molecular formula is C20H32N2O2. The number of hydrogen-bond donors (Lipinski definition) is 2. The van der Waals surface area contributed by atoms with Gasteiger partial charge in [-0.3, -0.25) is 0 Å². The predicted molar refractivity (Wildman–Crippen MR) is 97.4 cm³/mol. The molecule has 24 heavy (non-hydrogen) atoms. The van der Waals surface area contributed by atoms with Crippen LogP contribution in [0.15, 0.2) is 24.3 Å². The number of benzene rings is 1. The van der Waals surface area contributed by atoms with Gasteiger partial charge in [0.1, 0.15) is 5.75 Å². The molecule has 3 rings (SSSR count). The molecule has 1 aliphatic heterocycles. The van der Waals surface area contributed by atoms with E-state index in [1.54, 1.807) is 0 Å². The SMILES string of the molecule is CC(C)COc1cccc(CNC2CCCC2C2COCCN2)c1. The smallest absolute Gasteiger partial charge is 0.119 e. The monoisotopic (exact) mass is 332 g/mol. The highest BCUT2D eigenvalue weighted by Crippen LogP contribution is 2.29. The lowest BCUT2D eigenvalue weighted by Crippen LogP contribution is -2.50. The first-order valence-electron chi connectivity index (χ1n) is 9.48. The van der Waals surface area contributed by atoms with Crippen molar-refractivity contribution in [3.05, 3.63) is 29.8 Å². The van der Waals surface area contributed by atoms with E-state index < -0.39 is 0 Å². The average Bonchev–Trinajstić information content (AvgIpc) is 3.08. The molecule has 1 heterocycles. The van der Waals surface area contributed by atoms with Gasteiger partial charge in [0.25, 0.3) is 0 Å². The molecule has 134 valence electrons. The number of morpholine rings is 1. The maximum atomic E-state index is 5.84. The lowest BCUT2D eigenvalue weighted by atomic mass is 9.94. The third kappa shape index (κ3) is 4.95. The molecule has 0 bridgehead atoms. The Kier molecular flexibility index (Phi) is 6.52. The van der Waals surface area contributed by atoms with Crippen molar-refractivity contribution in [3.63, 3.8) is 0 Å². The molecule has 0 radical (unpaired) electrons. The molecule has 1 aromatic carbocycles. The average molecular weight is 332 g/mol. The first-order chi connectivity index (χ1) is 11.7. The molecule has 4 nitrogen and oxygen atoms in total. The van der Waals surface area contributed by atoms with Crippen molar-refractivity contribution in [2.75, 3.05) is 26.4 Å². The normalized spacial score (nSPS) is 27.5. The van der Waals surface area contributed by atoms with Crippen LogP contribution in [0.5, 0.6) is 5.75 Å². The minimum absolute atomic E-state index is 0.513. The molecule has 1 aliphatic carbocycles. The maximum absolute atomic E-state index is 5.84. The standard InChI is InChI=1S/C20H32N2O2/c1-15(2)13-24-17-6-3-5-16(11-17)12-22-19-8-4-7-18(19)20-14-23-10-9-21-20/h3,5-6,11,15,18-22H,4,7-10,12-14H2,1-2H3. The molecule has 1 saturated heterocycles. The molecule has 3 atom stereocenters. The highest BCUT2D eigenvalue weighted by Gasteiger charge is 2.34. The third-order valence-electron chi connectivity index (χ3n) is 5.09. The van der Waals surface area contributed by atoms with Gasteiger partial charge < -0.3 is 20.1 Å². The van der Waals surface area contributed by atoms with E-state index in [0.29, 0.717) is 23.9 Å². The Morgan fingerprint density at radius 3 is 3.04 bits per heavy atom. The van der Waals surface area contributed by atoms with Gasteiger partial charge in [-0.05, 0) is 42.4 Å². The van der Waals surface area contributed by atoms with E-state index in [1.807, 2.05) is 6.07 Å². The van der Waals surface area contributed by atoms with Crippen molar-refractivity contribution in [2.45, 2.75) is 51.7 Å². The third-order valence-corrected chi connectivity index (χ3v) is 5.09. The second kappa shape index (κ2) is 8.84. The molecule has 1 aromatic rings. The highest BCUT2D eigenvalue weighted by atomic mass is 16.5. The molecule has 0 aromatic heterocycles. The zero-order chi connectivity index (χ0) is 16.8. The second-order valence-electron chi connectivity index (χ2n) is 7.57. The van der Waals surface area contributed by atoms with E-state index in [0.717, 1.165) is 38.7 Å². The van der Waals surface area contributed by atoms with Crippen LogP contribution in [-0.4, -0.2) is 38.4 Å². The summed E-state index contributed by atoms with van der Waals surface area (Å²) in [6.45, 7) is 8.74. The van der Waals surface area contributed by atoms with Crippen LogP contribution in [0, 0.1) is 11.8 Å². The van der Waals surface area contributed by atoms with Gasteiger partial charge in [-0.25, -0.2) is 0 Å². The second-order valence-corrected chi connectivity index (χ2v) is 7.57. The number of hydrogen-bond acceptors (Lipinski definition) is 4. The summed E-state index contributed by atoms with van der Waals surface area (Å²) < 4.78 is 11.5. The first-order valence-corrected chi connectivity index (χ1v) is 9.48. The summed E-state index contributed by atoms with van der Waals surface area (Å²) in [5.41, 5.74) is 1.30. The van der Waals surface area contributed by atoms with Crippen LogP contribution >= 0.6 is 0 Å². The summed E-state index contributed by atoms with van der Waals surface area (Å²) in [5.74, 6) is 2.22. The Hall–Kier alpha value is -1.10. The van der Waals surface area contributed by atoms with Crippen molar-refractivity contribution >= 4 is 0 Å². The van der Waals surface area contributed by atoms with Crippen LogP contribution in [0.2, 0.25) is 0 Å². The van der Waals surface area contributed by atoms with Gasteiger partial charge >= 0.3 is 0 Å². The van der Waals surface area contributed by atoms with Crippen molar-refractivity contribution in [1.29, 1.82) is 0 Å². The van der Waals surface area contributed by atoms with Crippen LogP contribution in [0.4, 0.5) is 0 Å². The number of rotatable bonds is 7. The Morgan fingerprint density at radius 1 is 1.33 bits per heavy atom. The lowest BCUT2D eigenvalue weighted by molar-refractivity contribution is 0.0524. The Bertz CT molecular complexity index is 500. The molecule has 2 N–H and O–H groups in total. The van der Waals surface area contributed by atoms with Gasteiger partial charge in [-0.15, -0.1) is 0 Å². The van der Waals surface area contributed by atoms with Crippen LogP contribution < -0.4 is 15.4 Å². The summed E-state index contributed by atoms with van der Waals surface area (Å²) in [4.78, 5) is 0. The van der Waals surface area contributed by atoms with Gasteiger partial charge in [0.2, 0.25) is 0 Å². The molecule has 0 amide bonds. The fraction of sp³-hybridized carbons (Fsp3) is 0.700. The van der Waals surface area contributed by atoms with Gasteiger partial charge in [0, 0.05) is 25.2 Å². The van der Waals surface area contributed by atoms with Crippen molar-refractivity contribution in [2.24, 2.45) is 11.8 Å². The van der Waals surface area contributed by atoms with Gasteiger partial charge in [-0.2, -0.15) is 0 Å². The summed E-state index contributed by atoms with van der Waals surface area (Å²) in [6, 6.07) is 9.59. The predicted octanol–water partition coefficient (Wildman–Crippen LogP) is 2.97. The minimum atomic E-state index is 0.513. The zero-order valence-corrected chi connectivity index (χ0v) is 15.1. The van der Waals surface area contributed by atoms with E-state index in [-0.39, 0.29) is 0 Å². The minimum Gasteiger partial charge on any atom is -0.493 e. The lowest BCUT2D eigenvalue weighted by Gasteiger charge is -2.33. The molecule has 0 spiro atoms. The fourth-order valence-corrected chi connectivity index (χ4v) is 3.84. The van der Waals surface area contributed by atoms with Crippen LogP contribution in [0.1, 0.15) is 38.7 Å². The topological polar surface area (TPSA) is 42.5 Å². The number of nitrogens with one attached hydrogen (secondary N) is 2. The van der Waals surface area contributed by atoms with Crippen molar-refractivity contribution in [1.82, 2.24) is 10.6 Å². The molecule has 2 fully saturated rings. The van der Waals surface area contributed by atoms with E-state index in [1.165, 1.54) is 24.8 Å². The summed E-state index contributed by atoms with van der Waals surface area (Å²) in [6.07, 6.45) is 3.89. The fourth-order valence-electron chi connectivity index (χ4n) is 3.84. The van der Waals surface area contributed by atoms with Gasteiger partial charge in [0.05, 0.1) is 19.8 Å². The van der Waals surface area contributed by atoms with Crippen molar-refractivity contribution in [3.8, 4) is 5.75 Å².